The third kappa shape index (κ3) is 3.67. The van der Waals surface area contributed by atoms with Crippen molar-refractivity contribution in [1.29, 1.82) is 0 Å². The van der Waals surface area contributed by atoms with E-state index in [1.54, 1.807) is 12.0 Å². The SMILES string of the molecule is COCC(C(C)C)N1CCNCC1C(=O)N(C)C. The average molecular weight is 257 g/mol. The third-order valence-electron chi connectivity index (χ3n) is 3.54. The first-order valence-electron chi connectivity index (χ1n) is 6.65. The van der Waals surface area contributed by atoms with Gasteiger partial charge in [0.25, 0.3) is 0 Å². The summed E-state index contributed by atoms with van der Waals surface area (Å²) in [6.45, 7) is 7.60. The number of carbonyl (C=O) groups excluding carboxylic acids is 1. The number of hydrogen-bond acceptors (Lipinski definition) is 4. The molecule has 18 heavy (non-hydrogen) atoms. The zero-order chi connectivity index (χ0) is 13.7. The second kappa shape index (κ2) is 7.07. The highest BCUT2D eigenvalue weighted by Crippen LogP contribution is 2.17. The third-order valence-corrected chi connectivity index (χ3v) is 3.54. The number of ether oxygens (including phenoxy) is 1. The van der Waals surface area contributed by atoms with Crippen molar-refractivity contribution in [1.82, 2.24) is 15.1 Å². The van der Waals surface area contributed by atoms with Crippen molar-refractivity contribution in [2.75, 3.05) is 47.4 Å². The number of likely N-dealkylation sites (N-methyl/N-ethyl adjacent to an activating group) is 1. The van der Waals surface area contributed by atoms with Crippen molar-refractivity contribution < 1.29 is 9.53 Å². The summed E-state index contributed by atoms with van der Waals surface area (Å²) >= 11 is 0. The number of methoxy groups -OCH3 is 1. The summed E-state index contributed by atoms with van der Waals surface area (Å²) < 4.78 is 5.32. The Morgan fingerprint density at radius 2 is 2.17 bits per heavy atom. The second-order valence-corrected chi connectivity index (χ2v) is 5.46. The zero-order valence-corrected chi connectivity index (χ0v) is 12.3. The molecule has 106 valence electrons. The molecule has 1 fully saturated rings. The summed E-state index contributed by atoms with van der Waals surface area (Å²) in [6.07, 6.45) is 0. The molecule has 5 heteroatoms. The van der Waals surface area contributed by atoms with Crippen LogP contribution < -0.4 is 5.32 Å². The molecule has 1 amide bonds. The lowest BCUT2D eigenvalue weighted by molar-refractivity contribution is -0.137. The van der Waals surface area contributed by atoms with Crippen LogP contribution in [0.25, 0.3) is 0 Å². The van der Waals surface area contributed by atoms with Crippen LogP contribution in [0.3, 0.4) is 0 Å². The van der Waals surface area contributed by atoms with Gasteiger partial charge in [0.2, 0.25) is 5.91 Å². The zero-order valence-electron chi connectivity index (χ0n) is 12.3. The summed E-state index contributed by atoms with van der Waals surface area (Å²) in [4.78, 5) is 16.2. The lowest BCUT2D eigenvalue weighted by atomic mass is 9.99. The Labute approximate surface area is 110 Å². The summed E-state index contributed by atoms with van der Waals surface area (Å²) in [5.74, 6) is 0.643. The predicted octanol–water partition coefficient (Wildman–Crippen LogP) is 0.0194. The molecule has 0 bridgehead atoms. The van der Waals surface area contributed by atoms with Crippen molar-refractivity contribution in [2.24, 2.45) is 5.92 Å². The van der Waals surface area contributed by atoms with E-state index in [0.29, 0.717) is 18.6 Å². The van der Waals surface area contributed by atoms with Crippen molar-refractivity contribution in [3.63, 3.8) is 0 Å². The fraction of sp³-hybridized carbons (Fsp3) is 0.923. The maximum Gasteiger partial charge on any atom is 0.240 e. The molecule has 2 atom stereocenters. The molecule has 0 aromatic carbocycles. The van der Waals surface area contributed by atoms with E-state index in [2.05, 4.69) is 24.1 Å². The molecule has 5 nitrogen and oxygen atoms in total. The normalized spacial score (nSPS) is 23.1. The number of rotatable bonds is 5. The Balaban J connectivity index is 2.82. The number of amides is 1. The van der Waals surface area contributed by atoms with E-state index in [-0.39, 0.29) is 11.9 Å². The molecular formula is C13H27N3O2. The molecule has 2 unspecified atom stereocenters. The van der Waals surface area contributed by atoms with Crippen LogP contribution in [0.15, 0.2) is 0 Å². The first-order valence-corrected chi connectivity index (χ1v) is 6.65. The molecule has 0 radical (unpaired) electrons. The van der Waals surface area contributed by atoms with Gasteiger partial charge in [-0.05, 0) is 5.92 Å². The van der Waals surface area contributed by atoms with Crippen molar-refractivity contribution in [3.05, 3.63) is 0 Å². The molecule has 0 saturated carbocycles. The van der Waals surface area contributed by atoms with Gasteiger partial charge in [-0.25, -0.2) is 0 Å². The monoisotopic (exact) mass is 257 g/mol. The van der Waals surface area contributed by atoms with Crippen LogP contribution in [0.1, 0.15) is 13.8 Å². The van der Waals surface area contributed by atoms with Crippen LogP contribution in [0.5, 0.6) is 0 Å². The Morgan fingerprint density at radius 1 is 1.50 bits per heavy atom. The fourth-order valence-corrected chi connectivity index (χ4v) is 2.49. The first-order chi connectivity index (χ1) is 8.49. The highest BCUT2D eigenvalue weighted by Gasteiger charge is 2.35. The van der Waals surface area contributed by atoms with Crippen LogP contribution in [0, 0.1) is 5.92 Å². The summed E-state index contributed by atoms with van der Waals surface area (Å²) in [6, 6.07) is 0.224. The van der Waals surface area contributed by atoms with Gasteiger partial charge in [0.15, 0.2) is 0 Å². The number of nitrogens with one attached hydrogen (secondary N) is 1. The van der Waals surface area contributed by atoms with E-state index in [0.717, 1.165) is 19.6 Å². The van der Waals surface area contributed by atoms with Gasteiger partial charge in [-0.1, -0.05) is 13.8 Å². The Kier molecular flexibility index (Phi) is 6.05. The van der Waals surface area contributed by atoms with Gasteiger partial charge in [-0.15, -0.1) is 0 Å². The number of piperazine rings is 1. The molecule has 1 aliphatic rings. The molecule has 0 aliphatic carbocycles. The maximum atomic E-state index is 12.2. The van der Waals surface area contributed by atoms with Gasteiger partial charge in [-0.2, -0.15) is 0 Å². The van der Waals surface area contributed by atoms with Gasteiger partial charge in [0.05, 0.1) is 6.61 Å². The molecule has 1 heterocycles. The standard InChI is InChI=1S/C13H27N3O2/c1-10(2)12(9-18-5)16-7-6-14-8-11(16)13(17)15(3)4/h10-12,14H,6-9H2,1-5H3. The largest absolute Gasteiger partial charge is 0.383 e. The van der Waals surface area contributed by atoms with E-state index >= 15 is 0 Å². The van der Waals surface area contributed by atoms with Gasteiger partial charge in [0.1, 0.15) is 6.04 Å². The number of nitrogens with zero attached hydrogens (tertiary/aromatic N) is 2. The van der Waals surface area contributed by atoms with Crippen molar-refractivity contribution >= 4 is 5.91 Å². The molecule has 1 saturated heterocycles. The summed E-state index contributed by atoms with van der Waals surface area (Å²) in [5, 5.41) is 3.31. The van der Waals surface area contributed by atoms with Crippen LogP contribution in [0.2, 0.25) is 0 Å². The Morgan fingerprint density at radius 3 is 2.67 bits per heavy atom. The predicted molar refractivity (Wildman–Crippen MR) is 72.6 cm³/mol. The van der Waals surface area contributed by atoms with Gasteiger partial charge < -0.3 is 15.0 Å². The average Bonchev–Trinajstić information content (AvgIpc) is 2.34. The summed E-state index contributed by atoms with van der Waals surface area (Å²) in [7, 11) is 5.35. The maximum absolute atomic E-state index is 12.2. The fourth-order valence-electron chi connectivity index (χ4n) is 2.49. The highest BCUT2D eigenvalue weighted by molar-refractivity contribution is 5.81. The smallest absolute Gasteiger partial charge is 0.240 e. The van der Waals surface area contributed by atoms with Crippen molar-refractivity contribution in [3.8, 4) is 0 Å². The number of carbonyl (C=O) groups is 1. The van der Waals surface area contributed by atoms with Crippen LogP contribution in [0.4, 0.5) is 0 Å². The Hall–Kier alpha value is -0.650. The minimum atomic E-state index is -0.0729. The quantitative estimate of drug-likeness (QED) is 0.754. The lowest BCUT2D eigenvalue weighted by Crippen LogP contribution is -2.62. The molecule has 0 spiro atoms. The molecule has 0 aromatic rings. The van der Waals surface area contributed by atoms with E-state index in [9.17, 15) is 4.79 Å². The van der Waals surface area contributed by atoms with E-state index in [1.165, 1.54) is 0 Å². The van der Waals surface area contributed by atoms with Gasteiger partial charge in [-0.3, -0.25) is 9.69 Å². The van der Waals surface area contributed by atoms with E-state index < -0.39 is 0 Å². The van der Waals surface area contributed by atoms with E-state index in [4.69, 9.17) is 4.74 Å². The topological polar surface area (TPSA) is 44.8 Å². The highest BCUT2D eigenvalue weighted by atomic mass is 16.5. The first kappa shape index (κ1) is 15.4. The minimum absolute atomic E-state index is 0.0729. The van der Waals surface area contributed by atoms with Gasteiger partial charge >= 0.3 is 0 Å². The molecule has 1 aliphatic heterocycles. The lowest BCUT2D eigenvalue weighted by Gasteiger charge is -2.42. The number of hydrogen-bond donors (Lipinski definition) is 1. The summed E-state index contributed by atoms with van der Waals surface area (Å²) in [5.41, 5.74) is 0. The minimum Gasteiger partial charge on any atom is -0.383 e. The second-order valence-electron chi connectivity index (χ2n) is 5.46. The molecule has 0 aromatic heterocycles. The molecular weight excluding hydrogens is 230 g/mol. The van der Waals surface area contributed by atoms with Crippen LogP contribution >= 0.6 is 0 Å². The molecule has 1 rings (SSSR count). The molecule has 1 N–H and O–H groups in total. The Bertz CT molecular complexity index is 269. The van der Waals surface area contributed by atoms with Crippen LogP contribution in [-0.4, -0.2) is 75.2 Å². The van der Waals surface area contributed by atoms with Crippen molar-refractivity contribution in [2.45, 2.75) is 25.9 Å². The van der Waals surface area contributed by atoms with Gasteiger partial charge in [0, 0.05) is 46.9 Å². The van der Waals surface area contributed by atoms with E-state index in [1.807, 2.05) is 14.1 Å². The van der Waals surface area contributed by atoms with Crippen LogP contribution in [-0.2, 0) is 9.53 Å².